The summed E-state index contributed by atoms with van der Waals surface area (Å²) in [5.74, 6) is -2.06. The van der Waals surface area contributed by atoms with Crippen LogP contribution in [0.3, 0.4) is 0 Å². The Morgan fingerprint density at radius 2 is 1.83 bits per heavy atom. The van der Waals surface area contributed by atoms with Gasteiger partial charge in [-0.15, -0.1) is 0 Å². The standard InChI is InChI=1S/C16H19ClN2O4/c1-23-16(22)10-7-8-12(17)13(9-10)19-15(21)14(20)18-11-5-3-2-4-6-11/h7-9,11H,2-6H2,1H3,(H,18,20)(H,19,21). The molecule has 7 heteroatoms. The van der Waals surface area contributed by atoms with Crippen molar-refractivity contribution < 1.29 is 19.1 Å². The molecule has 1 aromatic rings. The van der Waals surface area contributed by atoms with Crippen molar-refractivity contribution >= 4 is 35.1 Å². The van der Waals surface area contributed by atoms with Crippen LogP contribution in [0.15, 0.2) is 18.2 Å². The van der Waals surface area contributed by atoms with E-state index in [-0.39, 0.29) is 22.3 Å². The molecule has 0 atom stereocenters. The van der Waals surface area contributed by atoms with Crippen molar-refractivity contribution in [2.45, 2.75) is 38.1 Å². The Bertz CT molecular complexity index is 612. The van der Waals surface area contributed by atoms with Gasteiger partial charge in [0.05, 0.1) is 23.4 Å². The molecule has 0 aliphatic heterocycles. The van der Waals surface area contributed by atoms with Crippen LogP contribution in [-0.4, -0.2) is 30.9 Å². The van der Waals surface area contributed by atoms with Crippen molar-refractivity contribution in [3.63, 3.8) is 0 Å². The summed E-state index contributed by atoms with van der Waals surface area (Å²) in [4.78, 5) is 35.4. The summed E-state index contributed by atoms with van der Waals surface area (Å²) in [6.07, 6.45) is 5.04. The van der Waals surface area contributed by atoms with E-state index in [2.05, 4.69) is 15.4 Å². The lowest BCUT2D eigenvalue weighted by Crippen LogP contribution is -2.42. The highest BCUT2D eigenvalue weighted by atomic mass is 35.5. The number of benzene rings is 1. The molecule has 0 heterocycles. The third-order valence-electron chi connectivity index (χ3n) is 3.78. The second-order valence-electron chi connectivity index (χ2n) is 5.45. The minimum absolute atomic E-state index is 0.0406. The maximum Gasteiger partial charge on any atom is 0.337 e. The van der Waals surface area contributed by atoms with Crippen LogP contribution in [0, 0.1) is 0 Å². The SMILES string of the molecule is COC(=O)c1ccc(Cl)c(NC(=O)C(=O)NC2CCCCC2)c1. The van der Waals surface area contributed by atoms with E-state index in [0.29, 0.717) is 0 Å². The van der Waals surface area contributed by atoms with E-state index in [9.17, 15) is 14.4 Å². The Labute approximate surface area is 139 Å². The molecule has 124 valence electrons. The van der Waals surface area contributed by atoms with Gasteiger partial charge in [0.1, 0.15) is 0 Å². The highest BCUT2D eigenvalue weighted by Gasteiger charge is 2.21. The summed E-state index contributed by atoms with van der Waals surface area (Å²) in [6, 6.07) is 4.35. The monoisotopic (exact) mass is 338 g/mol. The van der Waals surface area contributed by atoms with Gasteiger partial charge in [-0.2, -0.15) is 0 Å². The van der Waals surface area contributed by atoms with Crippen molar-refractivity contribution in [1.29, 1.82) is 0 Å². The van der Waals surface area contributed by atoms with E-state index in [1.54, 1.807) is 0 Å². The fourth-order valence-electron chi connectivity index (χ4n) is 2.54. The molecule has 0 bridgehead atoms. The first-order valence-electron chi connectivity index (χ1n) is 7.51. The lowest BCUT2D eigenvalue weighted by molar-refractivity contribution is -0.136. The summed E-state index contributed by atoms with van der Waals surface area (Å²) in [6.45, 7) is 0. The molecule has 1 saturated carbocycles. The third-order valence-corrected chi connectivity index (χ3v) is 4.11. The summed E-state index contributed by atoms with van der Waals surface area (Å²) < 4.78 is 4.61. The van der Waals surface area contributed by atoms with Crippen molar-refractivity contribution in [1.82, 2.24) is 5.32 Å². The topological polar surface area (TPSA) is 84.5 Å². The minimum Gasteiger partial charge on any atom is -0.465 e. The minimum atomic E-state index is -0.806. The molecular weight excluding hydrogens is 320 g/mol. The number of amides is 2. The van der Waals surface area contributed by atoms with Gasteiger partial charge in [0.15, 0.2) is 0 Å². The van der Waals surface area contributed by atoms with E-state index in [1.807, 2.05) is 0 Å². The summed E-state index contributed by atoms with van der Waals surface area (Å²) in [7, 11) is 1.26. The number of ether oxygens (including phenoxy) is 1. The molecule has 0 spiro atoms. The van der Waals surface area contributed by atoms with Crippen LogP contribution in [0.1, 0.15) is 42.5 Å². The van der Waals surface area contributed by atoms with Gasteiger partial charge < -0.3 is 15.4 Å². The number of carbonyl (C=O) groups is 3. The van der Waals surface area contributed by atoms with Gasteiger partial charge >= 0.3 is 17.8 Å². The number of methoxy groups -OCH3 is 1. The van der Waals surface area contributed by atoms with E-state index in [4.69, 9.17) is 11.6 Å². The van der Waals surface area contributed by atoms with Crippen molar-refractivity contribution in [2.24, 2.45) is 0 Å². The molecule has 2 N–H and O–H groups in total. The molecular formula is C16H19ClN2O4. The second-order valence-corrected chi connectivity index (χ2v) is 5.86. The number of hydrogen-bond acceptors (Lipinski definition) is 4. The number of carbonyl (C=O) groups excluding carboxylic acids is 3. The quantitative estimate of drug-likeness (QED) is 0.655. The molecule has 0 unspecified atom stereocenters. The number of hydrogen-bond donors (Lipinski definition) is 2. The van der Waals surface area contributed by atoms with Crippen LogP contribution in [-0.2, 0) is 14.3 Å². The Morgan fingerprint density at radius 3 is 2.48 bits per heavy atom. The maximum absolute atomic E-state index is 12.0. The van der Waals surface area contributed by atoms with Crippen LogP contribution in [0.2, 0.25) is 5.02 Å². The molecule has 0 aromatic heterocycles. The van der Waals surface area contributed by atoms with E-state index in [1.165, 1.54) is 25.3 Å². The Hall–Kier alpha value is -2.08. The van der Waals surface area contributed by atoms with Gasteiger partial charge in [0, 0.05) is 6.04 Å². The van der Waals surface area contributed by atoms with Crippen molar-refractivity contribution in [3.8, 4) is 0 Å². The number of anilines is 1. The van der Waals surface area contributed by atoms with Crippen LogP contribution in [0.25, 0.3) is 0 Å². The van der Waals surface area contributed by atoms with Gasteiger partial charge in [-0.05, 0) is 31.0 Å². The smallest absolute Gasteiger partial charge is 0.337 e. The van der Waals surface area contributed by atoms with E-state index < -0.39 is 17.8 Å². The molecule has 1 aliphatic carbocycles. The molecule has 23 heavy (non-hydrogen) atoms. The second kappa shape index (κ2) is 7.97. The van der Waals surface area contributed by atoms with Crippen LogP contribution in [0.4, 0.5) is 5.69 Å². The number of esters is 1. The molecule has 1 fully saturated rings. The third kappa shape index (κ3) is 4.69. The average molecular weight is 339 g/mol. The maximum atomic E-state index is 12.0. The summed E-state index contributed by atoms with van der Waals surface area (Å²) in [5.41, 5.74) is 0.429. The predicted octanol–water partition coefficient (Wildman–Crippen LogP) is 2.51. The largest absolute Gasteiger partial charge is 0.465 e. The highest BCUT2D eigenvalue weighted by molar-refractivity contribution is 6.41. The number of rotatable bonds is 3. The average Bonchev–Trinajstić information content (AvgIpc) is 2.56. The van der Waals surface area contributed by atoms with Crippen molar-refractivity contribution in [3.05, 3.63) is 28.8 Å². The molecule has 2 rings (SSSR count). The molecule has 0 saturated heterocycles. The zero-order chi connectivity index (χ0) is 16.8. The van der Waals surface area contributed by atoms with Gasteiger partial charge in [0.25, 0.3) is 0 Å². The Kier molecular flexibility index (Phi) is 5.98. The number of nitrogens with one attached hydrogen (secondary N) is 2. The highest BCUT2D eigenvalue weighted by Crippen LogP contribution is 2.23. The first-order valence-corrected chi connectivity index (χ1v) is 7.88. The van der Waals surface area contributed by atoms with Gasteiger partial charge in [-0.1, -0.05) is 30.9 Å². The zero-order valence-electron chi connectivity index (χ0n) is 12.9. The van der Waals surface area contributed by atoms with Gasteiger partial charge in [0.2, 0.25) is 0 Å². The zero-order valence-corrected chi connectivity index (χ0v) is 13.6. The molecule has 2 amide bonds. The molecule has 1 aliphatic rings. The Balaban J connectivity index is 2.01. The van der Waals surface area contributed by atoms with Crippen LogP contribution in [0.5, 0.6) is 0 Å². The first kappa shape index (κ1) is 17.3. The fourth-order valence-corrected chi connectivity index (χ4v) is 2.71. The van der Waals surface area contributed by atoms with Crippen molar-refractivity contribution in [2.75, 3.05) is 12.4 Å². The van der Waals surface area contributed by atoms with Crippen LogP contribution >= 0.6 is 11.6 Å². The van der Waals surface area contributed by atoms with Gasteiger partial charge in [-0.3, -0.25) is 9.59 Å². The fraction of sp³-hybridized carbons (Fsp3) is 0.438. The number of halogens is 1. The van der Waals surface area contributed by atoms with Gasteiger partial charge in [-0.25, -0.2) is 4.79 Å². The normalized spacial score (nSPS) is 14.9. The lowest BCUT2D eigenvalue weighted by atomic mass is 9.95. The van der Waals surface area contributed by atoms with Crippen LogP contribution < -0.4 is 10.6 Å². The summed E-state index contributed by atoms with van der Waals surface area (Å²) >= 11 is 5.99. The Morgan fingerprint density at radius 1 is 1.13 bits per heavy atom. The molecule has 1 aromatic carbocycles. The first-order chi connectivity index (χ1) is 11.0. The predicted molar refractivity (Wildman–Crippen MR) is 86.4 cm³/mol. The summed E-state index contributed by atoms with van der Waals surface area (Å²) in [5, 5.41) is 5.38. The lowest BCUT2D eigenvalue weighted by Gasteiger charge is -2.22. The van der Waals surface area contributed by atoms with E-state index in [0.717, 1.165) is 32.1 Å². The molecule has 0 radical (unpaired) electrons. The molecule has 6 nitrogen and oxygen atoms in total. The van der Waals surface area contributed by atoms with E-state index >= 15 is 0 Å².